The highest BCUT2D eigenvalue weighted by Crippen LogP contribution is 2.42. The molecule has 0 aromatic carbocycles. The van der Waals surface area contributed by atoms with Crippen molar-refractivity contribution in [2.24, 2.45) is 0 Å². The lowest BCUT2D eigenvalue weighted by molar-refractivity contribution is -0.148. The number of nitrogens with zero attached hydrogens (tertiary/aromatic N) is 4. The zero-order valence-electron chi connectivity index (χ0n) is 51.1. The van der Waals surface area contributed by atoms with E-state index in [1.807, 2.05) is 105 Å². The highest BCUT2D eigenvalue weighted by atomic mass is 16.5. The monoisotopic (exact) mass is 1180 g/mol. The number of rotatable bonds is 17. The van der Waals surface area contributed by atoms with Gasteiger partial charge < -0.3 is 55.3 Å². The molecule has 19 heteroatoms. The molecular weight excluding hydrogens is 1100 g/mol. The number of hydrogen-bond donors (Lipinski definition) is 10. The van der Waals surface area contributed by atoms with Gasteiger partial charge in [-0.1, -0.05) is 0 Å². The van der Waals surface area contributed by atoms with Crippen LogP contribution in [-0.4, -0.2) is 94.4 Å². The number of aliphatic hydroxyl groups excluding tert-OH is 3. The molecular formula is C68H74N8O11. The molecule has 4 unspecified atom stereocenters. The van der Waals surface area contributed by atoms with Crippen LogP contribution in [0.1, 0.15) is 221 Å². The number of nitrogens with one attached hydrogen (secondary N) is 4. The van der Waals surface area contributed by atoms with Crippen LogP contribution in [-0.2, 0) is 23.9 Å². The number of H-pyrrole nitrogens is 4. The Labute approximate surface area is 502 Å². The lowest BCUT2D eigenvalue weighted by atomic mass is 9.98. The maximum absolute atomic E-state index is 14.5. The molecule has 0 saturated heterocycles. The number of aryl methyl sites for hydroxylation is 4. The van der Waals surface area contributed by atoms with Crippen molar-refractivity contribution < 1.29 is 54.6 Å². The molecule has 0 fully saturated rings. The van der Waals surface area contributed by atoms with Gasteiger partial charge in [0.25, 0.3) is 0 Å². The van der Waals surface area contributed by atoms with Gasteiger partial charge >= 0.3 is 23.9 Å². The number of hydrogen-bond acceptors (Lipinski definition) is 12. The van der Waals surface area contributed by atoms with Gasteiger partial charge in [0.2, 0.25) is 0 Å². The summed E-state index contributed by atoms with van der Waals surface area (Å²) in [6.45, 7) is 22.2. The number of aromatic amines is 4. The highest BCUT2D eigenvalue weighted by molar-refractivity contribution is 5.99. The normalized spacial score (nSPS) is 14.9. The first-order chi connectivity index (χ1) is 41.2. The Kier molecular flexibility index (Phi) is 16.9. The average molecular weight is 1180 g/mol. The summed E-state index contributed by atoms with van der Waals surface area (Å²) in [7, 11) is 0. The van der Waals surface area contributed by atoms with Gasteiger partial charge in [0, 0.05) is 92.1 Å². The molecule has 16 bridgehead atoms. The first-order valence-electron chi connectivity index (χ1n) is 29.4. The SMILES string of the molecule is CC1=C(CCC(=O)O)c2cc3nc(cc4[nH]c(cc5[nH]c(cc1n2)c(C)c5C(C)OC(=O)CCC1=C(C)c2cc5[nH]c(cc6[nH]c(cc7nc(cc1n2)C(CCC(=O)O)=C7C)c(C)c6C(C)O)c(C)c5C(C)O)c(C)c4C(C)O)C(C)=C3CCC(=O)O. The summed E-state index contributed by atoms with van der Waals surface area (Å²) in [6, 6.07) is 15.0. The van der Waals surface area contributed by atoms with E-state index in [0.717, 1.165) is 72.3 Å². The van der Waals surface area contributed by atoms with Crippen molar-refractivity contribution in [1.82, 2.24) is 39.9 Å². The van der Waals surface area contributed by atoms with E-state index < -0.39 is 48.3 Å². The Morgan fingerprint density at radius 2 is 0.621 bits per heavy atom. The number of carbonyl (C=O) groups is 4. The van der Waals surface area contributed by atoms with Crippen LogP contribution in [0.15, 0.2) is 48.5 Å². The molecule has 10 heterocycles. The third kappa shape index (κ3) is 11.9. The summed E-state index contributed by atoms with van der Waals surface area (Å²) in [4.78, 5) is 85.1. The molecule has 6 aromatic rings. The minimum Gasteiger partial charge on any atom is -0.481 e. The zero-order chi connectivity index (χ0) is 62.8. The van der Waals surface area contributed by atoms with E-state index in [-0.39, 0.29) is 51.4 Å². The molecule has 0 saturated carbocycles. The molecule has 0 spiro atoms. The molecule has 452 valence electrons. The van der Waals surface area contributed by atoms with Crippen molar-refractivity contribution in [2.75, 3.05) is 0 Å². The summed E-state index contributed by atoms with van der Waals surface area (Å²) in [5, 5.41) is 63.1. The van der Waals surface area contributed by atoms with Gasteiger partial charge in [0.1, 0.15) is 6.10 Å². The fourth-order valence-electron chi connectivity index (χ4n) is 12.9. The molecule has 10 rings (SSSR count). The number of aromatic nitrogens is 8. The van der Waals surface area contributed by atoms with Crippen LogP contribution in [0, 0.1) is 27.7 Å². The molecule has 87 heavy (non-hydrogen) atoms. The second-order valence-electron chi connectivity index (χ2n) is 23.4. The van der Waals surface area contributed by atoms with Crippen molar-refractivity contribution >= 4 is 113 Å². The van der Waals surface area contributed by atoms with E-state index in [0.29, 0.717) is 106 Å². The van der Waals surface area contributed by atoms with Crippen LogP contribution < -0.4 is 0 Å². The molecule has 10 N–H and O–H groups in total. The Balaban J connectivity index is 1.09. The molecule has 4 aliphatic heterocycles. The van der Waals surface area contributed by atoms with Crippen LogP contribution in [0.25, 0.3) is 88.7 Å². The first-order valence-corrected chi connectivity index (χ1v) is 29.4. The van der Waals surface area contributed by atoms with E-state index in [2.05, 4.69) is 19.9 Å². The van der Waals surface area contributed by atoms with Crippen LogP contribution in [0.5, 0.6) is 0 Å². The predicted molar refractivity (Wildman–Crippen MR) is 337 cm³/mol. The number of allylic oxidation sites excluding steroid dienone is 8. The molecule has 0 aliphatic carbocycles. The van der Waals surface area contributed by atoms with Crippen molar-refractivity contribution in [2.45, 2.75) is 159 Å². The number of ether oxygens (including phenoxy) is 1. The number of aliphatic hydroxyl groups is 3. The number of carboxylic acids is 3. The number of carbonyl (C=O) groups excluding carboxylic acids is 1. The Hall–Kier alpha value is -9.04. The number of aliphatic carboxylic acids is 3. The van der Waals surface area contributed by atoms with Crippen molar-refractivity contribution in [3.63, 3.8) is 0 Å². The van der Waals surface area contributed by atoms with Crippen molar-refractivity contribution in [3.8, 4) is 0 Å². The molecule has 6 aromatic heterocycles. The molecule has 0 amide bonds. The van der Waals surface area contributed by atoms with Gasteiger partial charge in [-0.2, -0.15) is 0 Å². The van der Waals surface area contributed by atoms with Crippen LogP contribution in [0.3, 0.4) is 0 Å². The fourth-order valence-corrected chi connectivity index (χ4v) is 12.9. The topological polar surface area (TPSA) is 314 Å². The van der Waals surface area contributed by atoms with Gasteiger partial charge in [-0.05, 0) is 224 Å². The lowest BCUT2D eigenvalue weighted by Gasteiger charge is -2.14. The Morgan fingerprint density at radius 3 is 0.920 bits per heavy atom. The summed E-state index contributed by atoms with van der Waals surface area (Å²) in [6.07, 6.45) is -3.17. The largest absolute Gasteiger partial charge is 0.481 e. The quantitative estimate of drug-likeness (QED) is 0.0380. The Morgan fingerprint density at radius 1 is 0.368 bits per heavy atom. The molecule has 4 atom stereocenters. The van der Waals surface area contributed by atoms with Crippen LogP contribution in [0.4, 0.5) is 0 Å². The van der Waals surface area contributed by atoms with Gasteiger partial charge in [-0.3, -0.25) is 19.2 Å². The summed E-state index contributed by atoms with van der Waals surface area (Å²) >= 11 is 0. The van der Waals surface area contributed by atoms with E-state index in [9.17, 15) is 49.8 Å². The van der Waals surface area contributed by atoms with Crippen LogP contribution >= 0.6 is 0 Å². The minimum atomic E-state index is -0.974. The smallest absolute Gasteiger partial charge is 0.306 e. The van der Waals surface area contributed by atoms with Gasteiger partial charge in [-0.25, -0.2) is 19.9 Å². The zero-order valence-corrected chi connectivity index (χ0v) is 51.1. The maximum atomic E-state index is 14.5. The second-order valence-corrected chi connectivity index (χ2v) is 23.4. The van der Waals surface area contributed by atoms with Crippen LogP contribution in [0.2, 0.25) is 0 Å². The fraction of sp³-hybridized carbons (Fsp3) is 0.353. The average Bonchev–Trinajstić information content (AvgIpc) is 1.71. The van der Waals surface area contributed by atoms with Gasteiger partial charge in [0.05, 0.1) is 63.9 Å². The summed E-state index contributed by atoms with van der Waals surface area (Å²) in [5.41, 5.74) is 21.5. The first kappa shape index (κ1) is 61.1. The number of carboxylic acid groups (broad SMARTS) is 3. The minimum absolute atomic E-state index is 0.0625. The van der Waals surface area contributed by atoms with E-state index in [4.69, 9.17) is 24.7 Å². The van der Waals surface area contributed by atoms with Gasteiger partial charge in [0.15, 0.2) is 0 Å². The molecule has 0 radical (unpaired) electrons. The van der Waals surface area contributed by atoms with E-state index in [1.165, 1.54) is 0 Å². The third-order valence-electron chi connectivity index (χ3n) is 17.6. The Bertz CT molecular complexity index is 4420. The highest BCUT2D eigenvalue weighted by Gasteiger charge is 2.28. The second kappa shape index (κ2) is 24.0. The van der Waals surface area contributed by atoms with Crippen molar-refractivity contribution in [1.29, 1.82) is 0 Å². The summed E-state index contributed by atoms with van der Waals surface area (Å²) in [5.74, 6) is -3.39. The van der Waals surface area contributed by atoms with E-state index >= 15 is 0 Å². The number of fused-ring (bicyclic) bond motifs is 16. The van der Waals surface area contributed by atoms with Gasteiger partial charge in [-0.15, -0.1) is 0 Å². The third-order valence-corrected chi connectivity index (χ3v) is 17.6. The molecule has 19 nitrogen and oxygen atoms in total. The number of esters is 1. The predicted octanol–water partition coefficient (Wildman–Crippen LogP) is 13.7. The molecule has 4 aliphatic rings. The maximum Gasteiger partial charge on any atom is 0.306 e. The standard InChI is InChI=1S/C68H74N8O11/c1-29-41(13-17-61(80)81)54-28-56-44(32(4)48(72-56)24-57-66(38(10)78)34(6)51(74-57)25-59-65(37(9)77)33(5)49(73-59)21-45(29)69-54)16-20-64(86)87-40(12)68-36(8)50-22-46-30(2)42(14-18-62(82)83)53(70-46)27-55-43(15-19-63(84)85)31(3)47(71-55)23-58-67(39(11)79)35(7)52(75-58)26-60(68)76-50/h21-28,37-40,73-79H,13-20H2,1-12H3,(H,80,81)(H,82,83)(H,84,85). The van der Waals surface area contributed by atoms with Crippen molar-refractivity contribution in [3.05, 3.63) is 139 Å². The lowest BCUT2D eigenvalue weighted by Crippen LogP contribution is -2.09. The summed E-state index contributed by atoms with van der Waals surface area (Å²) < 4.78 is 6.42. The van der Waals surface area contributed by atoms with E-state index in [1.54, 1.807) is 26.8 Å².